The fourth-order valence-electron chi connectivity index (χ4n) is 4.85. The number of nitrogens with two attached hydrogens (primary N) is 1. The van der Waals surface area contributed by atoms with E-state index in [9.17, 15) is 22.8 Å². The van der Waals surface area contributed by atoms with Crippen LogP contribution in [-0.4, -0.2) is 57.8 Å². The maximum absolute atomic E-state index is 13.8. The Bertz CT molecular complexity index is 1370. The number of benzene rings is 2. The number of allylic oxidation sites excluding steroid dienone is 1. The van der Waals surface area contributed by atoms with Crippen LogP contribution in [0.25, 0.3) is 0 Å². The number of amides is 3. The number of nitrogens with zero attached hydrogens (tertiary/aromatic N) is 2. The normalized spacial score (nSPS) is 17.8. The molecule has 1 heterocycles. The quantitative estimate of drug-likeness (QED) is 0.381. The van der Waals surface area contributed by atoms with Gasteiger partial charge in [-0.1, -0.05) is 11.6 Å². The lowest BCUT2D eigenvalue weighted by Gasteiger charge is -2.29. The first kappa shape index (κ1) is 27.3. The van der Waals surface area contributed by atoms with Crippen molar-refractivity contribution in [1.29, 1.82) is 0 Å². The van der Waals surface area contributed by atoms with Gasteiger partial charge in [0.2, 0.25) is 15.9 Å². The van der Waals surface area contributed by atoms with E-state index in [-0.39, 0.29) is 23.5 Å². The molecular formula is C27H31N3O7S. The van der Waals surface area contributed by atoms with E-state index in [1.807, 2.05) is 0 Å². The highest BCUT2D eigenvalue weighted by Crippen LogP contribution is 2.31. The predicted molar refractivity (Wildman–Crippen MR) is 140 cm³/mol. The van der Waals surface area contributed by atoms with Crippen LogP contribution in [0.15, 0.2) is 59.0 Å². The second kappa shape index (κ2) is 11.4. The molecule has 0 bridgehead atoms. The van der Waals surface area contributed by atoms with Crippen molar-refractivity contribution in [3.63, 3.8) is 0 Å². The monoisotopic (exact) mass is 541 g/mol. The van der Waals surface area contributed by atoms with Crippen LogP contribution in [0.2, 0.25) is 0 Å². The number of hydrogen-bond acceptors (Lipinski definition) is 7. The van der Waals surface area contributed by atoms with Crippen molar-refractivity contribution in [3.05, 3.63) is 59.7 Å². The smallest absolute Gasteiger partial charge is 0.257 e. The largest absolute Gasteiger partial charge is 0.493 e. The molecule has 2 aliphatic rings. The molecule has 1 fully saturated rings. The minimum absolute atomic E-state index is 0.136. The van der Waals surface area contributed by atoms with Crippen LogP contribution < -0.4 is 19.5 Å². The first-order valence-corrected chi connectivity index (χ1v) is 13.9. The topological polar surface area (TPSA) is 136 Å². The minimum atomic E-state index is -3.93. The Labute approximate surface area is 222 Å². The maximum atomic E-state index is 13.8. The summed E-state index contributed by atoms with van der Waals surface area (Å²) in [5.41, 5.74) is 1.74. The maximum Gasteiger partial charge on any atom is 0.257 e. The van der Waals surface area contributed by atoms with Gasteiger partial charge in [0.15, 0.2) is 11.5 Å². The summed E-state index contributed by atoms with van der Waals surface area (Å²) in [6.07, 6.45) is 6.74. The van der Waals surface area contributed by atoms with Crippen LogP contribution >= 0.6 is 0 Å². The van der Waals surface area contributed by atoms with Gasteiger partial charge < -0.3 is 14.4 Å². The molecule has 2 aromatic carbocycles. The molecule has 0 spiro atoms. The number of carbonyl (C=O) groups excluding carboxylic acids is 3. The number of sulfonamides is 1. The minimum Gasteiger partial charge on any atom is -0.493 e. The van der Waals surface area contributed by atoms with E-state index in [1.54, 1.807) is 18.2 Å². The third kappa shape index (κ3) is 5.73. The SMILES string of the molecule is COc1ccc(C(=O)N(CCC2=CCCCC2)C2CC(=O)N(c3ccc(S(N)(=O)=O)cc3)C2=O)cc1OC. The Kier molecular flexibility index (Phi) is 8.17. The van der Waals surface area contributed by atoms with Crippen LogP contribution in [0.3, 0.4) is 0 Å². The third-order valence-electron chi connectivity index (χ3n) is 6.87. The molecule has 4 rings (SSSR count). The second-order valence-corrected chi connectivity index (χ2v) is 10.8. The van der Waals surface area contributed by atoms with E-state index in [1.165, 1.54) is 49.0 Å². The summed E-state index contributed by atoms with van der Waals surface area (Å²) in [4.78, 5) is 42.6. The summed E-state index contributed by atoms with van der Waals surface area (Å²) in [7, 11) is -0.965. The third-order valence-corrected chi connectivity index (χ3v) is 7.80. The van der Waals surface area contributed by atoms with Crippen LogP contribution in [0, 0.1) is 0 Å². The zero-order valence-electron chi connectivity index (χ0n) is 21.4. The summed E-state index contributed by atoms with van der Waals surface area (Å²) in [6.45, 7) is 0.265. The number of ether oxygens (including phenoxy) is 2. The number of anilines is 1. The van der Waals surface area contributed by atoms with Crippen LogP contribution in [0.1, 0.15) is 48.9 Å². The molecule has 1 atom stereocenters. The highest BCUT2D eigenvalue weighted by molar-refractivity contribution is 7.89. The number of imide groups is 1. The zero-order chi connectivity index (χ0) is 27.4. The first-order chi connectivity index (χ1) is 18.1. The molecule has 10 nitrogen and oxygen atoms in total. The average molecular weight is 542 g/mol. The lowest BCUT2D eigenvalue weighted by atomic mass is 9.96. The van der Waals surface area contributed by atoms with Gasteiger partial charge in [-0.05, 0) is 74.6 Å². The van der Waals surface area contributed by atoms with Gasteiger partial charge in [0.1, 0.15) is 6.04 Å². The number of methoxy groups -OCH3 is 2. The summed E-state index contributed by atoms with van der Waals surface area (Å²) < 4.78 is 33.8. The van der Waals surface area contributed by atoms with Crippen molar-refractivity contribution in [2.24, 2.45) is 5.14 Å². The molecule has 1 aliphatic carbocycles. The Balaban J connectivity index is 1.64. The van der Waals surface area contributed by atoms with Gasteiger partial charge in [0, 0.05) is 12.1 Å². The van der Waals surface area contributed by atoms with Crippen molar-refractivity contribution in [2.75, 3.05) is 25.7 Å². The van der Waals surface area contributed by atoms with E-state index in [2.05, 4.69) is 6.08 Å². The van der Waals surface area contributed by atoms with Gasteiger partial charge in [0.05, 0.1) is 31.2 Å². The molecule has 11 heteroatoms. The van der Waals surface area contributed by atoms with Crippen molar-refractivity contribution in [3.8, 4) is 11.5 Å². The Morgan fingerprint density at radius 3 is 2.37 bits per heavy atom. The number of carbonyl (C=O) groups is 3. The standard InChI is InChI=1S/C27H31N3O7S/c1-36-23-13-8-19(16-24(23)37-2)26(32)29(15-14-18-6-4-3-5-7-18)22-17-25(31)30(27(22)33)20-9-11-21(12-10-20)38(28,34)35/h6,8-13,16,22H,3-5,7,14-15,17H2,1-2H3,(H2,28,34,35). The summed E-state index contributed by atoms with van der Waals surface area (Å²) >= 11 is 0. The van der Waals surface area contributed by atoms with Gasteiger partial charge >= 0.3 is 0 Å². The van der Waals surface area contributed by atoms with E-state index in [0.29, 0.717) is 23.5 Å². The lowest BCUT2D eigenvalue weighted by Crippen LogP contribution is -2.46. The van der Waals surface area contributed by atoms with E-state index in [0.717, 1.165) is 30.6 Å². The van der Waals surface area contributed by atoms with E-state index >= 15 is 0 Å². The summed E-state index contributed by atoms with van der Waals surface area (Å²) in [5, 5.41) is 5.16. The molecule has 202 valence electrons. The number of hydrogen-bond donors (Lipinski definition) is 1. The van der Waals surface area contributed by atoms with Gasteiger partial charge in [-0.3, -0.25) is 14.4 Å². The summed E-state index contributed by atoms with van der Waals surface area (Å²) in [6, 6.07) is 8.94. The summed E-state index contributed by atoms with van der Waals surface area (Å²) in [5.74, 6) is -0.599. The Morgan fingerprint density at radius 2 is 1.76 bits per heavy atom. The Morgan fingerprint density at radius 1 is 1.05 bits per heavy atom. The highest BCUT2D eigenvalue weighted by Gasteiger charge is 2.44. The van der Waals surface area contributed by atoms with Gasteiger partial charge in [-0.25, -0.2) is 18.5 Å². The molecule has 1 saturated heterocycles. The molecule has 38 heavy (non-hydrogen) atoms. The fourth-order valence-corrected chi connectivity index (χ4v) is 5.36. The molecule has 3 amide bonds. The molecule has 1 aliphatic heterocycles. The van der Waals surface area contributed by atoms with E-state index in [4.69, 9.17) is 14.6 Å². The second-order valence-electron chi connectivity index (χ2n) is 9.25. The zero-order valence-corrected chi connectivity index (χ0v) is 22.2. The lowest BCUT2D eigenvalue weighted by molar-refractivity contribution is -0.122. The fraction of sp³-hybridized carbons (Fsp3) is 0.370. The van der Waals surface area contributed by atoms with Gasteiger partial charge in [-0.15, -0.1) is 0 Å². The number of primary sulfonamides is 1. The molecule has 0 saturated carbocycles. The van der Waals surface area contributed by atoms with E-state index < -0.39 is 33.8 Å². The molecule has 2 N–H and O–H groups in total. The Hall–Kier alpha value is -3.70. The van der Waals surface area contributed by atoms with Gasteiger partial charge in [0.25, 0.3) is 11.8 Å². The van der Waals surface area contributed by atoms with Crippen LogP contribution in [0.5, 0.6) is 11.5 Å². The highest BCUT2D eigenvalue weighted by atomic mass is 32.2. The van der Waals surface area contributed by atoms with Crippen molar-refractivity contribution in [1.82, 2.24) is 4.90 Å². The molecule has 1 unspecified atom stereocenters. The molecular weight excluding hydrogens is 510 g/mol. The van der Waals surface area contributed by atoms with Crippen LogP contribution in [-0.2, 0) is 19.6 Å². The first-order valence-electron chi connectivity index (χ1n) is 12.3. The molecule has 0 radical (unpaired) electrons. The van der Waals surface area contributed by atoms with Crippen molar-refractivity contribution in [2.45, 2.75) is 49.5 Å². The number of rotatable bonds is 9. The molecule has 0 aromatic heterocycles. The molecule has 2 aromatic rings. The van der Waals surface area contributed by atoms with Crippen molar-refractivity contribution < 1.29 is 32.3 Å². The van der Waals surface area contributed by atoms with Gasteiger partial charge in [-0.2, -0.15) is 0 Å². The van der Waals surface area contributed by atoms with Crippen molar-refractivity contribution >= 4 is 33.4 Å². The predicted octanol–water partition coefficient (Wildman–Crippen LogP) is 3.02. The van der Waals surface area contributed by atoms with Crippen LogP contribution in [0.4, 0.5) is 5.69 Å². The average Bonchev–Trinajstić information content (AvgIpc) is 3.21.